The molecule has 2 aliphatic carbocycles. The summed E-state index contributed by atoms with van der Waals surface area (Å²) in [6, 6.07) is 6.76. The van der Waals surface area contributed by atoms with E-state index < -0.39 is 10.0 Å². The first kappa shape index (κ1) is 24.0. The minimum Gasteiger partial charge on any atom is -0.340 e. The average Bonchev–Trinajstić information content (AvgIpc) is 3.56. The zero-order valence-electron chi connectivity index (χ0n) is 20.4. The molecule has 2 N–H and O–H groups in total. The number of amides is 1. The summed E-state index contributed by atoms with van der Waals surface area (Å²) in [5.74, 6) is 1.28. The van der Waals surface area contributed by atoms with E-state index in [0.29, 0.717) is 17.7 Å². The van der Waals surface area contributed by atoms with E-state index in [1.807, 2.05) is 6.92 Å². The third-order valence-corrected chi connectivity index (χ3v) is 9.05. The van der Waals surface area contributed by atoms with Gasteiger partial charge in [-0.25, -0.2) is 18.1 Å². The van der Waals surface area contributed by atoms with Gasteiger partial charge in [0.1, 0.15) is 11.7 Å². The maximum Gasteiger partial charge on any atom is 0.249 e. The van der Waals surface area contributed by atoms with Crippen LogP contribution in [0.3, 0.4) is 0 Å². The lowest BCUT2D eigenvalue weighted by molar-refractivity contribution is -0.120. The molecule has 0 bridgehead atoms. The quantitative estimate of drug-likeness (QED) is 0.595. The molecule has 0 radical (unpaired) electrons. The molecule has 2 fully saturated rings. The molecule has 2 aromatic rings. The smallest absolute Gasteiger partial charge is 0.249 e. The Bertz CT molecular complexity index is 1170. The van der Waals surface area contributed by atoms with Crippen LogP contribution in [0.5, 0.6) is 0 Å². The van der Waals surface area contributed by atoms with Gasteiger partial charge in [0.2, 0.25) is 21.9 Å². The van der Waals surface area contributed by atoms with Crippen molar-refractivity contribution in [2.45, 2.75) is 87.7 Å². The molecule has 0 spiro atoms. The highest BCUT2D eigenvalue weighted by molar-refractivity contribution is 7.89. The first-order valence-electron chi connectivity index (χ1n) is 12.7. The highest BCUT2D eigenvalue weighted by atomic mass is 32.2. The molecule has 1 aliphatic heterocycles. The number of benzene rings is 1. The van der Waals surface area contributed by atoms with Crippen LogP contribution in [0.25, 0.3) is 0 Å². The molecule has 188 valence electrons. The summed E-state index contributed by atoms with van der Waals surface area (Å²) < 4.78 is 28.2. The van der Waals surface area contributed by atoms with Crippen molar-refractivity contribution >= 4 is 39.1 Å². The molecule has 2 heterocycles. The molecular weight excluding hydrogens is 464 g/mol. The van der Waals surface area contributed by atoms with Crippen molar-refractivity contribution in [2.24, 2.45) is 0 Å². The highest BCUT2D eigenvalue weighted by Crippen LogP contribution is 2.40. The topological polar surface area (TPSA) is 108 Å². The van der Waals surface area contributed by atoms with E-state index >= 15 is 0 Å². The van der Waals surface area contributed by atoms with Crippen LogP contribution in [0, 0.1) is 0 Å². The van der Waals surface area contributed by atoms with Crippen LogP contribution in [0.1, 0.15) is 64.7 Å². The van der Waals surface area contributed by atoms with Crippen molar-refractivity contribution in [3.8, 4) is 0 Å². The van der Waals surface area contributed by atoms with E-state index in [9.17, 15) is 13.2 Å². The first-order valence-corrected chi connectivity index (χ1v) is 14.2. The van der Waals surface area contributed by atoms with Crippen molar-refractivity contribution in [3.63, 3.8) is 0 Å². The van der Waals surface area contributed by atoms with Gasteiger partial charge >= 0.3 is 0 Å². The lowest BCUT2D eigenvalue weighted by atomic mass is 10.0. The van der Waals surface area contributed by atoms with E-state index in [2.05, 4.69) is 19.9 Å². The lowest BCUT2D eigenvalue weighted by Crippen LogP contribution is -2.55. The first-order chi connectivity index (χ1) is 16.9. The third-order valence-electron chi connectivity index (χ3n) is 7.51. The number of anilines is 4. The number of nitrogens with zero attached hydrogens (tertiary/aromatic N) is 4. The second kappa shape index (κ2) is 9.73. The van der Waals surface area contributed by atoms with Crippen LogP contribution in [0.4, 0.5) is 23.1 Å². The maximum absolute atomic E-state index is 13.0. The molecule has 3 aliphatic rings. The van der Waals surface area contributed by atoms with Gasteiger partial charge in [-0.3, -0.25) is 4.79 Å². The predicted molar refractivity (Wildman–Crippen MR) is 137 cm³/mol. The molecule has 1 atom stereocenters. The van der Waals surface area contributed by atoms with Crippen LogP contribution in [-0.4, -0.2) is 49.5 Å². The number of aromatic nitrogens is 2. The van der Waals surface area contributed by atoms with Gasteiger partial charge in [0.25, 0.3) is 0 Å². The number of rotatable bonds is 7. The van der Waals surface area contributed by atoms with Gasteiger partial charge in [-0.2, -0.15) is 4.98 Å². The molecule has 0 saturated heterocycles. The largest absolute Gasteiger partial charge is 0.340 e. The highest BCUT2D eigenvalue weighted by Gasteiger charge is 2.41. The fourth-order valence-corrected chi connectivity index (χ4v) is 6.93. The Hall–Kier alpha value is -2.72. The summed E-state index contributed by atoms with van der Waals surface area (Å²) in [5.41, 5.74) is 1.42. The van der Waals surface area contributed by atoms with Gasteiger partial charge < -0.3 is 15.1 Å². The van der Waals surface area contributed by atoms with Crippen molar-refractivity contribution in [1.29, 1.82) is 0 Å². The van der Waals surface area contributed by atoms with Crippen LogP contribution < -0.4 is 19.8 Å². The van der Waals surface area contributed by atoms with Crippen LogP contribution in [-0.2, 0) is 14.8 Å². The SMILES string of the molecule is CC[C@@H]1C(=O)N(C)c2cnc(Nc3ccc(S(=O)(=O)NC4CCCC4)cc3)nc2N1C1CCCC1. The number of fused-ring (bicyclic) bond motifs is 1. The zero-order valence-corrected chi connectivity index (χ0v) is 21.2. The Morgan fingerprint density at radius 3 is 2.34 bits per heavy atom. The molecule has 1 aromatic heterocycles. The van der Waals surface area contributed by atoms with E-state index in [0.717, 1.165) is 69.3 Å². The van der Waals surface area contributed by atoms with Crippen molar-refractivity contribution in [1.82, 2.24) is 14.7 Å². The Morgan fingerprint density at radius 2 is 1.69 bits per heavy atom. The van der Waals surface area contributed by atoms with Gasteiger partial charge in [-0.1, -0.05) is 32.6 Å². The molecule has 9 nitrogen and oxygen atoms in total. The Morgan fingerprint density at radius 1 is 1.03 bits per heavy atom. The molecule has 1 amide bonds. The number of likely N-dealkylation sites (N-methyl/N-ethyl adjacent to an activating group) is 1. The van der Waals surface area contributed by atoms with Gasteiger partial charge in [0.05, 0.1) is 11.1 Å². The monoisotopic (exact) mass is 498 g/mol. The zero-order chi connectivity index (χ0) is 24.6. The molecule has 10 heteroatoms. The summed E-state index contributed by atoms with van der Waals surface area (Å²) >= 11 is 0. The van der Waals surface area contributed by atoms with E-state index in [1.54, 1.807) is 42.4 Å². The molecule has 5 rings (SSSR count). The maximum atomic E-state index is 13.0. The Labute approximate surface area is 207 Å². The predicted octanol–water partition coefficient (Wildman–Crippen LogP) is 3.95. The fourth-order valence-electron chi connectivity index (χ4n) is 5.62. The number of nitrogens with one attached hydrogen (secondary N) is 2. The third kappa shape index (κ3) is 4.73. The molecule has 1 aromatic carbocycles. The normalized spacial score (nSPS) is 21.5. The second-order valence-corrected chi connectivity index (χ2v) is 11.5. The molecule has 0 unspecified atom stereocenters. The fraction of sp³-hybridized carbons (Fsp3) is 0.560. The molecule has 2 saturated carbocycles. The number of carbonyl (C=O) groups excluding carboxylic acids is 1. The second-order valence-electron chi connectivity index (χ2n) is 9.82. The van der Waals surface area contributed by atoms with Gasteiger partial charge in [-0.15, -0.1) is 0 Å². The Kier molecular flexibility index (Phi) is 6.67. The van der Waals surface area contributed by atoms with Crippen molar-refractivity contribution in [2.75, 3.05) is 22.2 Å². The van der Waals surface area contributed by atoms with Crippen LogP contribution in [0.15, 0.2) is 35.4 Å². The summed E-state index contributed by atoms with van der Waals surface area (Å²) in [6.07, 6.45) is 10.8. The summed E-state index contributed by atoms with van der Waals surface area (Å²) in [5, 5.41) is 3.21. The van der Waals surface area contributed by atoms with Crippen LogP contribution >= 0.6 is 0 Å². The Balaban J connectivity index is 1.38. The van der Waals surface area contributed by atoms with Crippen molar-refractivity contribution < 1.29 is 13.2 Å². The number of sulfonamides is 1. The average molecular weight is 499 g/mol. The van der Waals surface area contributed by atoms with Gasteiger partial charge in [0, 0.05) is 24.8 Å². The van der Waals surface area contributed by atoms with Crippen LogP contribution in [0.2, 0.25) is 0 Å². The summed E-state index contributed by atoms with van der Waals surface area (Å²) in [6.45, 7) is 2.04. The molecular formula is C25H34N6O3S. The van der Waals surface area contributed by atoms with E-state index in [-0.39, 0.29) is 22.9 Å². The minimum absolute atomic E-state index is 0.0291. The van der Waals surface area contributed by atoms with Gasteiger partial charge in [0.15, 0.2) is 5.82 Å². The van der Waals surface area contributed by atoms with Gasteiger partial charge in [-0.05, 0) is 56.4 Å². The standard InChI is InChI=1S/C25H34N6O3S/c1-3-21-24(32)30(2)22-16-26-25(28-23(22)31(21)19-10-6-7-11-19)27-17-12-14-20(15-13-17)35(33,34)29-18-8-4-5-9-18/h12-16,18-19,21,29H,3-11H2,1-2H3,(H,26,27,28)/t21-/m1/s1. The summed E-state index contributed by atoms with van der Waals surface area (Å²) in [4.78, 5) is 26.5. The van der Waals surface area contributed by atoms with E-state index in [1.165, 1.54) is 0 Å². The number of hydrogen-bond donors (Lipinski definition) is 2. The number of hydrogen-bond acceptors (Lipinski definition) is 7. The number of carbonyl (C=O) groups is 1. The minimum atomic E-state index is -3.54. The van der Waals surface area contributed by atoms with E-state index in [4.69, 9.17) is 4.98 Å². The lowest BCUT2D eigenvalue weighted by Gasteiger charge is -2.43. The van der Waals surface area contributed by atoms with Crippen molar-refractivity contribution in [3.05, 3.63) is 30.5 Å². The summed E-state index contributed by atoms with van der Waals surface area (Å²) in [7, 11) is -1.75. The molecule has 35 heavy (non-hydrogen) atoms.